The van der Waals surface area contributed by atoms with E-state index in [9.17, 15) is 9.59 Å². The minimum Gasteiger partial charge on any atom is -0.493 e. The molecule has 0 fully saturated rings. The maximum Gasteiger partial charge on any atom is 0.339 e. The predicted octanol–water partition coefficient (Wildman–Crippen LogP) is 6.27. The van der Waals surface area contributed by atoms with E-state index >= 15 is 0 Å². The number of methoxy groups -OCH3 is 1. The number of nitrogens with one attached hydrogen (secondary N) is 1. The normalized spacial score (nSPS) is 12.3. The van der Waals surface area contributed by atoms with Crippen LogP contribution in [0.2, 0.25) is 0 Å². The van der Waals surface area contributed by atoms with E-state index in [2.05, 4.69) is 28.8 Å². The van der Waals surface area contributed by atoms with E-state index in [4.69, 9.17) is 15.2 Å². The summed E-state index contributed by atoms with van der Waals surface area (Å²) in [5.74, 6) is -0.132. The molecule has 5 aromatic rings. The summed E-state index contributed by atoms with van der Waals surface area (Å²) < 4.78 is 13.3. The Balaban J connectivity index is 1.56. The molecule has 0 radical (unpaired) electrons. The first-order valence-corrected chi connectivity index (χ1v) is 14.5. The third-order valence-corrected chi connectivity index (χ3v) is 8.29. The van der Waals surface area contributed by atoms with E-state index in [1.807, 2.05) is 59.4 Å². The molecule has 0 saturated carbocycles. The van der Waals surface area contributed by atoms with Crippen molar-refractivity contribution in [1.29, 1.82) is 0 Å². The van der Waals surface area contributed by atoms with Crippen LogP contribution >= 0.6 is 11.3 Å². The molecule has 0 saturated heterocycles. The first kappa shape index (κ1) is 26.7. The lowest BCUT2D eigenvalue weighted by atomic mass is 9.90. The van der Waals surface area contributed by atoms with Gasteiger partial charge in [0.15, 0.2) is 0 Å². The number of thiophene rings is 1. The van der Waals surface area contributed by atoms with E-state index in [1.54, 1.807) is 11.3 Å². The van der Waals surface area contributed by atoms with Crippen LogP contribution in [0.1, 0.15) is 45.2 Å². The molecule has 6 rings (SSSR count). The van der Waals surface area contributed by atoms with Gasteiger partial charge in [-0.1, -0.05) is 25.1 Å². The summed E-state index contributed by atoms with van der Waals surface area (Å²) in [7, 11) is 1.36. The molecule has 0 unspecified atom stereocenters. The van der Waals surface area contributed by atoms with Gasteiger partial charge in [0, 0.05) is 52.8 Å². The Morgan fingerprint density at radius 2 is 1.93 bits per heavy atom. The number of amides is 1. The molecule has 0 bridgehead atoms. The maximum atomic E-state index is 14.0. The van der Waals surface area contributed by atoms with E-state index in [-0.39, 0.29) is 5.91 Å². The monoisotopic (exact) mass is 566 g/mol. The van der Waals surface area contributed by atoms with Crippen LogP contribution in [-0.2, 0) is 24.2 Å². The second kappa shape index (κ2) is 11.2. The smallest absolute Gasteiger partial charge is 0.339 e. The zero-order valence-corrected chi connectivity index (χ0v) is 23.7. The second-order valence-corrected chi connectivity index (χ2v) is 10.8. The molecule has 3 aromatic carbocycles. The molecule has 0 aliphatic carbocycles. The van der Waals surface area contributed by atoms with E-state index < -0.39 is 5.97 Å². The van der Waals surface area contributed by atoms with E-state index in [0.29, 0.717) is 57.7 Å². The number of anilines is 1. The molecule has 3 N–H and O–H groups in total. The van der Waals surface area contributed by atoms with Gasteiger partial charge in [0.25, 0.3) is 5.91 Å². The number of rotatable bonds is 7. The number of hydrogen-bond donors (Lipinski definition) is 2. The van der Waals surface area contributed by atoms with Gasteiger partial charge in [0.1, 0.15) is 5.75 Å². The standard InChI is InChI=1S/C32H30N4O4S/c1-3-12-36-18-26-27(35-36)9-8-22(29(26)32(38)39-2)23-16-28-25(30-20(10-13-40-28)11-14-41-30)15-24(23)31(37)34-21-6-4-19(17-33)5-7-21/h4-9,11,14-16,18H,3,10,12-13,17,33H2,1-2H3,(H,34,37). The zero-order valence-electron chi connectivity index (χ0n) is 22.9. The number of nitrogens with zero attached hydrogens (tertiary/aromatic N) is 2. The predicted molar refractivity (Wildman–Crippen MR) is 162 cm³/mol. The summed E-state index contributed by atoms with van der Waals surface area (Å²) >= 11 is 1.62. The van der Waals surface area contributed by atoms with Gasteiger partial charge in [-0.3, -0.25) is 9.48 Å². The van der Waals surface area contributed by atoms with Crippen LogP contribution in [0.25, 0.3) is 32.5 Å². The van der Waals surface area contributed by atoms with Crippen LogP contribution in [0.5, 0.6) is 5.75 Å². The molecule has 9 heteroatoms. The maximum absolute atomic E-state index is 14.0. The van der Waals surface area contributed by atoms with E-state index in [0.717, 1.165) is 35.4 Å². The van der Waals surface area contributed by atoms with Crippen LogP contribution in [0.4, 0.5) is 5.69 Å². The van der Waals surface area contributed by atoms with Crippen LogP contribution in [0, 0.1) is 0 Å². The molecule has 0 atom stereocenters. The lowest BCUT2D eigenvalue weighted by Gasteiger charge is -2.18. The highest BCUT2D eigenvalue weighted by molar-refractivity contribution is 7.13. The van der Waals surface area contributed by atoms with Crippen LogP contribution < -0.4 is 15.8 Å². The highest BCUT2D eigenvalue weighted by Gasteiger charge is 2.27. The molecule has 8 nitrogen and oxygen atoms in total. The molecule has 2 aromatic heterocycles. The van der Waals surface area contributed by atoms with Crippen molar-refractivity contribution in [3.05, 3.63) is 88.4 Å². The van der Waals surface area contributed by atoms with Gasteiger partial charge in [-0.05, 0) is 70.5 Å². The molecule has 1 aliphatic rings. The van der Waals surface area contributed by atoms with Crippen molar-refractivity contribution in [2.75, 3.05) is 19.0 Å². The average Bonchev–Trinajstić information content (AvgIpc) is 3.59. The molecule has 41 heavy (non-hydrogen) atoms. The van der Waals surface area contributed by atoms with Crippen molar-refractivity contribution in [3.8, 4) is 27.3 Å². The highest BCUT2D eigenvalue weighted by Crippen LogP contribution is 2.44. The third-order valence-electron chi connectivity index (χ3n) is 7.30. The number of carbonyl (C=O) groups is 2. The van der Waals surface area contributed by atoms with Gasteiger partial charge in [-0.25, -0.2) is 4.79 Å². The molecule has 1 amide bonds. The summed E-state index contributed by atoms with van der Waals surface area (Å²) in [6.07, 6.45) is 3.54. The van der Waals surface area contributed by atoms with Gasteiger partial charge in [0.2, 0.25) is 0 Å². The van der Waals surface area contributed by atoms with Crippen molar-refractivity contribution in [1.82, 2.24) is 9.78 Å². The topological polar surface area (TPSA) is 108 Å². The minimum atomic E-state index is -0.498. The average molecular weight is 567 g/mol. The fourth-order valence-electron chi connectivity index (χ4n) is 5.28. The lowest BCUT2D eigenvalue weighted by Crippen LogP contribution is -2.15. The van der Waals surface area contributed by atoms with Gasteiger partial charge < -0.3 is 20.5 Å². The minimum absolute atomic E-state index is 0.303. The van der Waals surface area contributed by atoms with Gasteiger partial charge in [-0.15, -0.1) is 11.3 Å². The van der Waals surface area contributed by atoms with Crippen LogP contribution in [0.15, 0.2) is 66.2 Å². The number of esters is 1. The highest BCUT2D eigenvalue weighted by atomic mass is 32.1. The van der Waals surface area contributed by atoms with Crippen molar-refractivity contribution in [2.45, 2.75) is 32.9 Å². The second-order valence-electron chi connectivity index (χ2n) is 9.93. The SMILES string of the molecule is CCCn1cc2c(C(=O)OC)c(-c3cc4c(cc3C(=O)Nc3ccc(CN)cc3)-c3sccc3CCO4)ccc2n1. The van der Waals surface area contributed by atoms with Crippen molar-refractivity contribution >= 4 is 39.8 Å². The summed E-state index contributed by atoms with van der Waals surface area (Å²) in [5.41, 5.74) is 12.0. The number of fused-ring (bicyclic) bond motifs is 4. The summed E-state index contributed by atoms with van der Waals surface area (Å²) in [6, 6.07) is 17.0. The largest absolute Gasteiger partial charge is 0.493 e. The number of hydrogen-bond acceptors (Lipinski definition) is 7. The number of benzene rings is 3. The summed E-state index contributed by atoms with van der Waals surface area (Å²) in [5, 5.41) is 10.4. The number of carbonyl (C=O) groups excluding carboxylic acids is 2. The van der Waals surface area contributed by atoms with Crippen molar-refractivity contribution in [2.24, 2.45) is 5.73 Å². The molecular weight excluding hydrogens is 536 g/mol. The molecule has 1 aliphatic heterocycles. The quantitative estimate of drug-likeness (QED) is 0.225. The lowest BCUT2D eigenvalue weighted by molar-refractivity contribution is 0.0603. The molecule has 3 heterocycles. The van der Waals surface area contributed by atoms with Crippen LogP contribution in [-0.4, -0.2) is 35.4 Å². The van der Waals surface area contributed by atoms with Gasteiger partial charge in [-0.2, -0.15) is 5.10 Å². The number of nitrogens with two attached hydrogens (primary N) is 1. The Labute approximate surface area is 241 Å². The van der Waals surface area contributed by atoms with Gasteiger partial charge >= 0.3 is 5.97 Å². The molecular formula is C32H30N4O4S. The Hall–Kier alpha value is -4.47. The van der Waals surface area contributed by atoms with Crippen molar-refractivity contribution < 1.29 is 19.1 Å². The number of aromatic nitrogens is 2. The Bertz CT molecular complexity index is 1770. The van der Waals surface area contributed by atoms with Crippen LogP contribution in [0.3, 0.4) is 0 Å². The Morgan fingerprint density at radius 1 is 1.10 bits per heavy atom. The number of ether oxygens (including phenoxy) is 2. The zero-order chi connectivity index (χ0) is 28.5. The number of aryl methyl sites for hydroxylation is 1. The first-order valence-electron chi connectivity index (χ1n) is 13.6. The summed E-state index contributed by atoms with van der Waals surface area (Å²) in [6.45, 7) is 3.72. The van der Waals surface area contributed by atoms with E-state index in [1.165, 1.54) is 12.7 Å². The Morgan fingerprint density at radius 3 is 2.68 bits per heavy atom. The first-order chi connectivity index (χ1) is 20.0. The fourth-order valence-corrected chi connectivity index (χ4v) is 6.26. The third kappa shape index (κ3) is 4.98. The summed E-state index contributed by atoms with van der Waals surface area (Å²) in [4.78, 5) is 28.4. The van der Waals surface area contributed by atoms with Crippen molar-refractivity contribution in [3.63, 3.8) is 0 Å². The molecule has 208 valence electrons. The molecule has 0 spiro atoms. The van der Waals surface area contributed by atoms with Gasteiger partial charge in [0.05, 0.1) is 24.8 Å². The Kier molecular flexibility index (Phi) is 7.30. The fraction of sp³-hybridized carbons (Fsp3) is 0.219.